The Balaban J connectivity index is 2.00. The largest absolute Gasteiger partial charge is 0.487 e. The van der Waals surface area contributed by atoms with Crippen molar-refractivity contribution in [3.63, 3.8) is 0 Å². The zero-order chi connectivity index (χ0) is 14.4. The van der Waals surface area contributed by atoms with Crippen LogP contribution < -0.4 is 10.1 Å². The van der Waals surface area contributed by atoms with Crippen LogP contribution in [0, 0.1) is 10.1 Å². The molecule has 1 N–H and O–H groups in total. The summed E-state index contributed by atoms with van der Waals surface area (Å²) in [4.78, 5) is 10.5. The molecule has 6 nitrogen and oxygen atoms in total. The van der Waals surface area contributed by atoms with Crippen LogP contribution in [-0.4, -0.2) is 30.8 Å². The summed E-state index contributed by atoms with van der Waals surface area (Å²) in [6.07, 6.45) is 3.59. The van der Waals surface area contributed by atoms with Crippen molar-refractivity contribution in [2.24, 2.45) is 0 Å². The molecule has 0 amide bonds. The van der Waals surface area contributed by atoms with E-state index in [1.54, 1.807) is 19.1 Å². The van der Waals surface area contributed by atoms with Gasteiger partial charge in [-0.25, -0.2) is 0 Å². The molecule has 1 aliphatic heterocycles. The highest BCUT2D eigenvalue weighted by Gasteiger charge is 2.17. The lowest BCUT2D eigenvalue weighted by molar-refractivity contribution is -0.385. The van der Waals surface area contributed by atoms with Crippen LogP contribution in [0.3, 0.4) is 0 Å². The van der Waals surface area contributed by atoms with E-state index >= 15 is 0 Å². The van der Waals surface area contributed by atoms with E-state index in [4.69, 9.17) is 9.47 Å². The van der Waals surface area contributed by atoms with Gasteiger partial charge in [0.2, 0.25) is 0 Å². The van der Waals surface area contributed by atoms with Crippen LogP contribution in [0.25, 0.3) is 0 Å². The molecule has 110 valence electrons. The molecule has 0 aromatic heterocycles. The zero-order valence-corrected chi connectivity index (χ0v) is 11.6. The van der Waals surface area contributed by atoms with Crippen molar-refractivity contribution in [1.29, 1.82) is 0 Å². The fourth-order valence-corrected chi connectivity index (χ4v) is 2.25. The Kier molecular flexibility index (Phi) is 5.17. The third-order valence-electron chi connectivity index (χ3n) is 3.26. The third-order valence-corrected chi connectivity index (χ3v) is 3.26. The highest BCUT2D eigenvalue weighted by Crippen LogP contribution is 2.30. The van der Waals surface area contributed by atoms with E-state index in [0.717, 1.165) is 25.1 Å². The maximum Gasteiger partial charge on any atom is 0.311 e. The molecule has 0 spiro atoms. The maximum absolute atomic E-state index is 10.9. The minimum atomic E-state index is -0.432. The smallest absolute Gasteiger partial charge is 0.311 e. The van der Waals surface area contributed by atoms with Crippen LogP contribution in [0.4, 0.5) is 11.4 Å². The number of nitro benzene ring substituents is 1. The summed E-state index contributed by atoms with van der Waals surface area (Å²) in [5.74, 6) is 0.298. The Morgan fingerprint density at radius 3 is 3.00 bits per heavy atom. The quantitative estimate of drug-likeness (QED) is 0.640. The van der Waals surface area contributed by atoms with Gasteiger partial charge in [0.25, 0.3) is 0 Å². The van der Waals surface area contributed by atoms with E-state index in [-0.39, 0.29) is 11.8 Å². The number of nitrogens with one attached hydrogen (secondary N) is 1. The van der Waals surface area contributed by atoms with Crippen LogP contribution in [0.1, 0.15) is 26.2 Å². The van der Waals surface area contributed by atoms with E-state index in [2.05, 4.69) is 5.32 Å². The summed E-state index contributed by atoms with van der Waals surface area (Å²) in [6.45, 7) is 3.73. The van der Waals surface area contributed by atoms with Gasteiger partial charge in [0.1, 0.15) is 0 Å². The van der Waals surface area contributed by atoms with Crippen LogP contribution in [0.5, 0.6) is 5.75 Å². The van der Waals surface area contributed by atoms with Crippen molar-refractivity contribution in [3.05, 3.63) is 28.3 Å². The molecular formula is C14H20N2O4. The number of hydrogen-bond acceptors (Lipinski definition) is 5. The topological polar surface area (TPSA) is 73.6 Å². The third kappa shape index (κ3) is 3.84. The number of nitro groups is 1. The fourth-order valence-electron chi connectivity index (χ4n) is 2.25. The average molecular weight is 280 g/mol. The number of benzene rings is 1. The van der Waals surface area contributed by atoms with Gasteiger partial charge in [-0.2, -0.15) is 0 Å². The van der Waals surface area contributed by atoms with E-state index in [9.17, 15) is 10.1 Å². The van der Waals surface area contributed by atoms with Gasteiger partial charge in [0.05, 0.1) is 17.6 Å². The van der Waals surface area contributed by atoms with E-state index in [1.807, 2.05) is 0 Å². The monoisotopic (exact) mass is 280 g/mol. The summed E-state index contributed by atoms with van der Waals surface area (Å²) < 4.78 is 11.0. The van der Waals surface area contributed by atoms with Crippen molar-refractivity contribution in [2.75, 3.05) is 25.1 Å². The minimum absolute atomic E-state index is 0.00804. The summed E-state index contributed by atoms with van der Waals surface area (Å²) in [7, 11) is 0. The van der Waals surface area contributed by atoms with E-state index < -0.39 is 4.92 Å². The first kappa shape index (κ1) is 14.6. The van der Waals surface area contributed by atoms with Crippen LogP contribution in [-0.2, 0) is 4.74 Å². The second-order valence-corrected chi connectivity index (χ2v) is 4.74. The summed E-state index contributed by atoms with van der Waals surface area (Å²) in [6, 6.07) is 4.84. The van der Waals surface area contributed by atoms with Crippen molar-refractivity contribution < 1.29 is 14.4 Å². The standard InChI is InChI=1S/C14H20N2O4/c1-2-19-14-9-11(6-7-13(14)16(17)18)15-10-12-5-3-4-8-20-12/h6-7,9,12,15H,2-5,8,10H2,1H3. The predicted octanol–water partition coefficient (Wildman–Crippen LogP) is 2.97. The van der Waals surface area contributed by atoms with Gasteiger partial charge in [-0.1, -0.05) is 0 Å². The molecule has 0 radical (unpaired) electrons. The second kappa shape index (κ2) is 7.09. The first-order valence-electron chi connectivity index (χ1n) is 6.97. The molecule has 1 aromatic carbocycles. The Labute approximate surface area is 118 Å². The van der Waals surface area contributed by atoms with Crippen molar-refractivity contribution in [3.8, 4) is 5.75 Å². The van der Waals surface area contributed by atoms with Crippen LogP contribution in [0.15, 0.2) is 18.2 Å². The second-order valence-electron chi connectivity index (χ2n) is 4.74. The lowest BCUT2D eigenvalue weighted by atomic mass is 10.1. The molecule has 6 heteroatoms. The van der Waals surface area contributed by atoms with Gasteiger partial charge in [-0.05, 0) is 32.3 Å². The van der Waals surface area contributed by atoms with E-state index in [0.29, 0.717) is 18.9 Å². The number of anilines is 1. The molecule has 0 aliphatic carbocycles. The molecule has 2 rings (SSSR count). The normalized spacial score (nSPS) is 18.6. The van der Waals surface area contributed by atoms with Gasteiger partial charge < -0.3 is 14.8 Å². The molecule has 0 bridgehead atoms. The molecule has 20 heavy (non-hydrogen) atoms. The van der Waals surface area contributed by atoms with Crippen molar-refractivity contribution in [2.45, 2.75) is 32.3 Å². The zero-order valence-electron chi connectivity index (χ0n) is 11.6. The molecular weight excluding hydrogens is 260 g/mol. The Morgan fingerprint density at radius 1 is 1.50 bits per heavy atom. The molecule has 1 heterocycles. The number of nitrogens with zero attached hydrogens (tertiary/aromatic N) is 1. The Morgan fingerprint density at radius 2 is 2.35 bits per heavy atom. The molecule has 1 fully saturated rings. The molecule has 0 saturated carbocycles. The predicted molar refractivity (Wildman–Crippen MR) is 76.3 cm³/mol. The summed E-state index contributed by atoms with van der Waals surface area (Å²) >= 11 is 0. The van der Waals surface area contributed by atoms with Gasteiger partial charge in [-0.15, -0.1) is 0 Å². The highest BCUT2D eigenvalue weighted by molar-refractivity contribution is 5.58. The van der Waals surface area contributed by atoms with Crippen LogP contribution >= 0.6 is 0 Å². The SMILES string of the molecule is CCOc1cc(NCC2CCCCO2)ccc1[N+](=O)[O-]. The Bertz CT molecular complexity index is 458. The first-order chi connectivity index (χ1) is 9.70. The summed E-state index contributed by atoms with van der Waals surface area (Å²) in [5.41, 5.74) is 0.805. The van der Waals surface area contributed by atoms with Gasteiger partial charge in [0, 0.05) is 31.0 Å². The number of hydrogen-bond donors (Lipinski definition) is 1. The van der Waals surface area contributed by atoms with Gasteiger partial charge >= 0.3 is 5.69 Å². The Hall–Kier alpha value is -1.82. The average Bonchev–Trinajstić information content (AvgIpc) is 2.46. The number of rotatable bonds is 6. The fraction of sp³-hybridized carbons (Fsp3) is 0.571. The molecule has 1 saturated heterocycles. The number of ether oxygens (including phenoxy) is 2. The summed E-state index contributed by atoms with van der Waals surface area (Å²) in [5, 5.41) is 14.1. The molecule has 1 unspecified atom stereocenters. The molecule has 1 atom stereocenters. The lowest BCUT2D eigenvalue weighted by Crippen LogP contribution is -2.26. The van der Waals surface area contributed by atoms with Crippen molar-refractivity contribution >= 4 is 11.4 Å². The first-order valence-corrected chi connectivity index (χ1v) is 6.97. The highest BCUT2D eigenvalue weighted by atomic mass is 16.6. The van der Waals surface area contributed by atoms with Gasteiger partial charge in [0.15, 0.2) is 5.75 Å². The van der Waals surface area contributed by atoms with Crippen LogP contribution in [0.2, 0.25) is 0 Å². The molecule has 1 aliphatic rings. The lowest BCUT2D eigenvalue weighted by Gasteiger charge is -2.23. The minimum Gasteiger partial charge on any atom is -0.487 e. The molecule has 1 aromatic rings. The van der Waals surface area contributed by atoms with Crippen molar-refractivity contribution in [1.82, 2.24) is 0 Å². The van der Waals surface area contributed by atoms with Gasteiger partial charge in [-0.3, -0.25) is 10.1 Å². The maximum atomic E-state index is 10.9. The van der Waals surface area contributed by atoms with E-state index in [1.165, 1.54) is 12.5 Å².